The lowest BCUT2D eigenvalue weighted by molar-refractivity contribution is -0.175. The van der Waals surface area contributed by atoms with Crippen molar-refractivity contribution in [3.05, 3.63) is 0 Å². The van der Waals surface area contributed by atoms with E-state index in [2.05, 4.69) is 4.74 Å². The van der Waals surface area contributed by atoms with Gasteiger partial charge >= 0.3 is 6.18 Å². The summed E-state index contributed by atoms with van der Waals surface area (Å²) in [5.74, 6) is -0.271. The molecule has 0 bridgehead atoms. The van der Waals surface area contributed by atoms with Gasteiger partial charge in [0.25, 0.3) is 0 Å². The zero-order chi connectivity index (χ0) is 13.8. The van der Waals surface area contributed by atoms with Crippen molar-refractivity contribution in [3.63, 3.8) is 0 Å². The lowest BCUT2D eigenvalue weighted by atomic mass is 10.2. The van der Waals surface area contributed by atoms with Crippen molar-refractivity contribution >= 4 is 23.1 Å². The van der Waals surface area contributed by atoms with E-state index < -0.39 is 12.8 Å². The summed E-state index contributed by atoms with van der Waals surface area (Å²) >= 11 is 4.84. The second kappa shape index (κ2) is 6.33. The minimum atomic E-state index is -4.36. The van der Waals surface area contributed by atoms with Gasteiger partial charge in [-0.05, 0) is 12.8 Å². The average Bonchev–Trinajstić information content (AvgIpc) is 2.71. The van der Waals surface area contributed by atoms with E-state index in [0.29, 0.717) is 13.0 Å². The fraction of sp³-hybridized carbons (Fsp3) is 0.800. The second-order valence-electron chi connectivity index (χ2n) is 4.07. The summed E-state index contributed by atoms with van der Waals surface area (Å²) in [6.07, 6.45) is -2.94. The van der Waals surface area contributed by atoms with E-state index in [-0.39, 0.29) is 30.0 Å². The van der Waals surface area contributed by atoms with Gasteiger partial charge in [-0.25, -0.2) is 0 Å². The molecule has 1 fully saturated rings. The molecule has 0 aromatic carbocycles. The van der Waals surface area contributed by atoms with Crippen molar-refractivity contribution in [1.82, 2.24) is 4.90 Å². The van der Waals surface area contributed by atoms with Gasteiger partial charge in [0.2, 0.25) is 5.91 Å². The molecular formula is C10H15F3N2O2S. The van der Waals surface area contributed by atoms with Gasteiger partial charge in [0.1, 0.15) is 6.61 Å². The Labute approximate surface area is 108 Å². The standard InChI is InChI=1S/C10H15F3N2O2S/c11-10(12,13)6-17-5-3-8(16)15-4-1-2-7(15)9(14)18/h7H,1-6H2,(H2,14,18). The highest BCUT2D eigenvalue weighted by molar-refractivity contribution is 7.80. The average molecular weight is 284 g/mol. The van der Waals surface area contributed by atoms with Crippen molar-refractivity contribution in [1.29, 1.82) is 0 Å². The Balaban J connectivity index is 2.30. The Kier molecular flexibility index (Phi) is 5.33. The van der Waals surface area contributed by atoms with Gasteiger partial charge in [-0.15, -0.1) is 0 Å². The monoisotopic (exact) mass is 284 g/mol. The Hall–Kier alpha value is -0.890. The highest BCUT2D eigenvalue weighted by Gasteiger charge is 2.31. The van der Waals surface area contributed by atoms with Crippen LogP contribution in [-0.4, -0.2) is 47.8 Å². The smallest absolute Gasteiger partial charge is 0.392 e. The molecule has 0 saturated carbocycles. The molecule has 0 radical (unpaired) electrons. The summed E-state index contributed by atoms with van der Waals surface area (Å²) in [7, 11) is 0. The molecule has 1 heterocycles. The largest absolute Gasteiger partial charge is 0.411 e. The van der Waals surface area contributed by atoms with Crippen molar-refractivity contribution < 1.29 is 22.7 Å². The Morgan fingerprint density at radius 2 is 2.17 bits per heavy atom. The minimum absolute atomic E-state index is 0.0881. The first-order valence-corrected chi connectivity index (χ1v) is 5.95. The fourth-order valence-corrected chi connectivity index (χ4v) is 2.10. The van der Waals surface area contributed by atoms with Gasteiger partial charge in [-0.3, -0.25) is 4.79 Å². The normalized spacial score (nSPS) is 20.2. The van der Waals surface area contributed by atoms with Crippen LogP contribution in [0, 0.1) is 0 Å². The van der Waals surface area contributed by atoms with Crippen LogP contribution < -0.4 is 5.73 Å². The fourth-order valence-electron chi connectivity index (χ4n) is 1.85. The number of hydrogen-bond acceptors (Lipinski definition) is 3. The number of carbonyl (C=O) groups excluding carboxylic acids is 1. The van der Waals surface area contributed by atoms with Gasteiger partial charge in [0, 0.05) is 6.54 Å². The molecule has 1 aliphatic heterocycles. The molecule has 1 aliphatic rings. The molecule has 1 saturated heterocycles. The molecule has 1 rings (SSSR count). The zero-order valence-electron chi connectivity index (χ0n) is 9.70. The maximum Gasteiger partial charge on any atom is 0.411 e. The van der Waals surface area contributed by atoms with Gasteiger partial charge in [-0.1, -0.05) is 12.2 Å². The van der Waals surface area contributed by atoms with Crippen molar-refractivity contribution in [2.24, 2.45) is 5.73 Å². The summed E-state index contributed by atoms with van der Waals surface area (Å²) in [6.45, 7) is -1.04. The third-order valence-corrected chi connectivity index (χ3v) is 2.90. The number of hydrogen-bond donors (Lipinski definition) is 1. The molecule has 18 heavy (non-hydrogen) atoms. The van der Waals surface area contributed by atoms with E-state index in [1.807, 2.05) is 0 Å². The summed E-state index contributed by atoms with van der Waals surface area (Å²) in [5, 5.41) is 0. The third-order valence-electron chi connectivity index (χ3n) is 2.63. The van der Waals surface area contributed by atoms with E-state index in [1.165, 1.54) is 4.90 Å². The van der Waals surface area contributed by atoms with Crippen molar-refractivity contribution in [2.45, 2.75) is 31.5 Å². The van der Waals surface area contributed by atoms with Crippen molar-refractivity contribution in [3.8, 4) is 0 Å². The van der Waals surface area contributed by atoms with E-state index in [1.54, 1.807) is 0 Å². The summed E-state index contributed by atoms with van der Waals surface area (Å²) in [6, 6.07) is -0.268. The molecular weight excluding hydrogens is 269 g/mol. The third kappa shape index (κ3) is 4.77. The number of carbonyl (C=O) groups is 1. The summed E-state index contributed by atoms with van der Waals surface area (Å²) in [5.41, 5.74) is 5.50. The number of thiocarbonyl (C=S) groups is 1. The number of rotatable bonds is 5. The predicted octanol–water partition coefficient (Wildman–Crippen LogP) is 1.23. The molecule has 0 spiro atoms. The Morgan fingerprint density at radius 3 is 2.72 bits per heavy atom. The van der Waals surface area contributed by atoms with Crippen molar-refractivity contribution in [2.75, 3.05) is 19.8 Å². The Bertz CT molecular complexity index is 323. The van der Waals surface area contributed by atoms with Crippen LogP contribution in [0.1, 0.15) is 19.3 Å². The van der Waals surface area contributed by atoms with Crippen LogP contribution >= 0.6 is 12.2 Å². The van der Waals surface area contributed by atoms with Gasteiger partial charge in [0.15, 0.2) is 0 Å². The quantitative estimate of drug-likeness (QED) is 0.609. The molecule has 104 valence electrons. The first kappa shape index (κ1) is 15.2. The molecule has 0 aromatic heterocycles. The first-order chi connectivity index (χ1) is 8.31. The molecule has 8 heteroatoms. The van der Waals surface area contributed by atoms with Crippen LogP contribution in [0.15, 0.2) is 0 Å². The lowest BCUT2D eigenvalue weighted by Crippen LogP contribution is -2.43. The molecule has 1 unspecified atom stereocenters. The van der Waals surface area contributed by atoms with E-state index in [4.69, 9.17) is 18.0 Å². The van der Waals surface area contributed by atoms with Crippen LogP contribution in [0.3, 0.4) is 0 Å². The molecule has 1 atom stereocenters. The topological polar surface area (TPSA) is 55.6 Å². The van der Waals surface area contributed by atoms with E-state index in [0.717, 1.165) is 6.42 Å². The van der Waals surface area contributed by atoms with Crippen LogP contribution in [0.4, 0.5) is 13.2 Å². The van der Waals surface area contributed by atoms with Crippen LogP contribution in [0.25, 0.3) is 0 Å². The van der Waals surface area contributed by atoms with E-state index >= 15 is 0 Å². The van der Waals surface area contributed by atoms with Crippen LogP contribution in [-0.2, 0) is 9.53 Å². The molecule has 0 aliphatic carbocycles. The predicted molar refractivity (Wildman–Crippen MR) is 63.0 cm³/mol. The molecule has 1 amide bonds. The number of nitrogens with zero attached hydrogens (tertiary/aromatic N) is 1. The van der Waals surface area contributed by atoms with Gasteiger partial charge < -0.3 is 15.4 Å². The van der Waals surface area contributed by atoms with Gasteiger partial charge in [-0.2, -0.15) is 13.2 Å². The number of amides is 1. The highest BCUT2D eigenvalue weighted by Crippen LogP contribution is 2.19. The number of halogens is 3. The number of likely N-dealkylation sites (tertiary alicyclic amines) is 1. The SMILES string of the molecule is NC(=S)C1CCCN1C(=O)CCOCC(F)(F)F. The summed E-state index contributed by atoms with van der Waals surface area (Å²) in [4.78, 5) is 13.5. The number of alkyl halides is 3. The highest BCUT2D eigenvalue weighted by atomic mass is 32.1. The molecule has 0 aromatic rings. The van der Waals surface area contributed by atoms with Crippen LogP contribution in [0.2, 0.25) is 0 Å². The van der Waals surface area contributed by atoms with Crippen LogP contribution in [0.5, 0.6) is 0 Å². The minimum Gasteiger partial charge on any atom is -0.392 e. The van der Waals surface area contributed by atoms with E-state index in [9.17, 15) is 18.0 Å². The first-order valence-electron chi connectivity index (χ1n) is 5.54. The lowest BCUT2D eigenvalue weighted by Gasteiger charge is -2.23. The molecule has 2 N–H and O–H groups in total. The number of nitrogens with two attached hydrogens (primary N) is 1. The maximum absolute atomic E-state index is 11.8. The van der Waals surface area contributed by atoms with Gasteiger partial charge in [0.05, 0.1) is 24.1 Å². The molecule has 4 nitrogen and oxygen atoms in total. The number of ether oxygens (including phenoxy) is 1. The second-order valence-corrected chi connectivity index (χ2v) is 4.54. The zero-order valence-corrected chi connectivity index (χ0v) is 10.5. The Morgan fingerprint density at radius 1 is 1.50 bits per heavy atom. The maximum atomic E-state index is 11.8. The summed E-state index contributed by atoms with van der Waals surface area (Å²) < 4.78 is 39.8.